The Labute approximate surface area is 173 Å². The largest absolute Gasteiger partial charge is 0.493 e. The molecule has 0 amide bonds. The van der Waals surface area contributed by atoms with Crippen molar-refractivity contribution >= 4 is 12.0 Å². The summed E-state index contributed by atoms with van der Waals surface area (Å²) in [6, 6.07) is 13.7. The minimum Gasteiger partial charge on any atom is -0.493 e. The fourth-order valence-electron chi connectivity index (χ4n) is 2.88. The van der Waals surface area contributed by atoms with Crippen LogP contribution in [0.1, 0.15) is 37.5 Å². The van der Waals surface area contributed by atoms with E-state index in [4.69, 9.17) is 14.2 Å². The Kier molecular flexibility index (Phi) is 9.25. The van der Waals surface area contributed by atoms with E-state index in [1.165, 1.54) is 11.6 Å². The molecule has 5 nitrogen and oxygen atoms in total. The van der Waals surface area contributed by atoms with Crippen LogP contribution in [0.2, 0.25) is 0 Å². The predicted molar refractivity (Wildman–Crippen MR) is 116 cm³/mol. The van der Waals surface area contributed by atoms with Crippen molar-refractivity contribution in [1.82, 2.24) is 4.90 Å². The van der Waals surface area contributed by atoms with Crippen LogP contribution in [0.25, 0.3) is 6.08 Å². The molecule has 0 aliphatic rings. The number of rotatable bonds is 11. The average molecular weight is 398 g/mol. The van der Waals surface area contributed by atoms with Crippen LogP contribution in [0.3, 0.4) is 0 Å². The van der Waals surface area contributed by atoms with E-state index in [0.717, 1.165) is 30.8 Å². The molecule has 0 fully saturated rings. The zero-order valence-corrected chi connectivity index (χ0v) is 17.8. The molecular weight excluding hydrogens is 366 g/mol. The molecule has 0 aromatic heterocycles. The van der Waals surface area contributed by atoms with Gasteiger partial charge >= 0.3 is 5.97 Å². The van der Waals surface area contributed by atoms with E-state index in [9.17, 15) is 4.79 Å². The molecule has 2 aromatic rings. The highest BCUT2D eigenvalue weighted by atomic mass is 16.5. The number of nitrogens with zero attached hydrogens (tertiary/aromatic N) is 1. The summed E-state index contributed by atoms with van der Waals surface area (Å²) in [6.07, 6.45) is 3.12. The lowest BCUT2D eigenvalue weighted by molar-refractivity contribution is -0.138. The van der Waals surface area contributed by atoms with Crippen molar-refractivity contribution in [1.29, 1.82) is 0 Å². The van der Waals surface area contributed by atoms with Crippen LogP contribution < -0.4 is 9.47 Å². The van der Waals surface area contributed by atoms with Crippen LogP contribution in [0.4, 0.5) is 0 Å². The molecule has 156 valence electrons. The van der Waals surface area contributed by atoms with E-state index >= 15 is 0 Å². The Bertz CT molecular complexity index is 795. The first-order valence-electron chi connectivity index (χ1n) is 10.0. The summed E-state index contributed by atoms with van der Waals surface area (Å²) in [5, 5.41) is 0. The van der Waals surface area contributed by atoms with Gasteiger partial charge in [0.25, 0.3) is 0 Å². The summed E-state index contributed by atoms with van der Waals surface area (Å²) < 4.78 is 16.2. The molecule has 2 rings (SSSR count). The number of hydrogen-bond donors (Lipinski definition) is 0. The molecule has 0 saturated heterocycles. The fraction of sp³-hybridized carbons (Fsp3) is 0.375. The number of esters is 1. The number of hydrogen-bond acceptors (Lipinski definition) is 5. The number of carbonyl (C=O) groups is 1. The van der Waals surface area contributed by atoms with Crippen LogP contribution in [0, 0.1) is 0 Å². The summed E-state index contributed by atoms with van der Waals surface area (Å²) >= 11 is 0. The smallest absolute Gasteiger partial charge is 0.331 e. The molecule has 0 bridgehead atoms. The maximum Gasteiger partial charge on any atom is 0.331 e. The highest BCUT2D eigenvalue weighted by molar-refractivity contribution is 5.87. The molecule has 5 heteroatoms. The maximum absolute atomic E-state index is 12.0. The Morgan fingerprint density at radius 3 is 2.28 bits per heavy atom. The van der Waals surface area contributed by atoms with Crippen molar-refractivity contribution in [3.8, 4) is 11.5 Å². The third-order valence-electron chi connectivity index (χ3n) is 4.60. The van der Waals surface area contributed by atoms with Gasteiger partial charge in [0, 0.05) is 12.6 Å². The van der Waals surface area contributed by atoms with Gasteiger partial charge in [0.1, 0.15) is 6.61 Å². The van der Waals surface area contributed by atoms with Gasteiger partial charge in [0.15, 0.2) is 11.5 Å². The molecular formula is C24H31NO4. The minimum atomic E-state index is -0.384. The lowest BCUT2D eigenvalue weighted by Crippen LogP contribution is -2.22. The van der Waals surface area contributed by atoms with Gasteiger partial charge in [0.2, 0.25) is 0 Å². The number of carbonyl (C=O) groups excluding carboxylic acids is 1. The highest BCUT2D eigenvalue weighted by Crippen LogP contribution is 2.28. The molecule has 0 atom stereocenters. The van der Waals surface area contributed by atoms with Gasteiger partial charge in [-0.15, -0.1) is 0 Å². The average Bonchev–Trinajstić information content (AvgIpc) is 2.76. The molecule has 0 heterocycles. The Morgan fingerprint density at radius 2 is 1.66 bits per heavy atom. The third kappa shape index (κ3) is 7.27. The van der Waals surface area contributed by atoms with Crippen LogP contribution >= 0.6 is 0 Å². The lowest BCUT2D eigenvalue weighted by atomic mass is 10.1. The van der Waals surface area contributed by atoms with Gasteiger partial charge < -0.3 is 14.2 Å². The maximum atomic E-state index is 12.0. The summed E-state index contributed by atoms with van der Waals surface area (Å²) in [4.78, 5) is 14.4. The van der Waals surface area contributed by atoms with Crippen LogP contribution in [-0.2, 0) is 22.7 Å². The highest BCUT2D eigenvalue weighted by Gasteiger charge is 2.05. The first-order valence-corrected chi connectivity index (χ1v) is 10.0. The normalized spacial score (nSPS) is 11.1. The minimum absolute atomic E-state index is 0.251. The molecule has 0 N–H and O–H groups in total. The van der Waals surface area contributed by atoms with Crippen molar-refractivity contribution in [2.24, 2.45) is 0 Å². The van der Waals surface area contributed by atoms with Gasteiger partial charge in [-0.2, -0.15) is 0 Å². The number of ether oxygens (including phenoxy) is 3. The first kappa shape index (κ1) is 22.5. The Balaban J connectivity index is 1.88. The zero-order valence-electron chi connectivity index (χ0n) is 17.8. The zero-order chi connectivity index (χ0) is 21.1. The van der Waals surface area contributed by atoms with E-state index in [0.29, 0.717) is 18.1 Å². The van der Waals surface area contributed by atoms with Crippen molar-refractivity contribution in [3.63, 3.8) is 0 Å². The SMILES string of the molecule is CCOc1ccc(/C=C/C(=O)OCc2ccc(CN(CC)CC)cc2)cc1OC. The second kappa shape index (κ2) is 11.9. The van der Waals surface area contributed by atoms with Crippen LogP contribution in [0.15, 0.2) is 48.5 Å². The number of benzene rings is 2. The lowest BCUT2D eigenvalue weighted by Gasteiger charge is -2.18. The summed E-state index contributed by atoms with van der Waals surface area (Å²) in [6.45, 7) is 10.0. The standard InChI is InChI=1S/C24H31NO4/c1-5-25(6-2)17-20-8-10-21(11-9-20)18-29-24(26)15-13-19-12-14-22(28-7-3)23(16-19)27-4/h8-16H,5-7,17-18H2,1-4H3/b15-13+. The van der Waals surface area contributed by atoms with Crippen molar-refractivity contribution < 1.29 is 19.0 Å². The second-order valence-electron chi connectivity index (χ2n) is 6.56. The molecule has 29 heavy (non-hydrogen) atoms. The topological polar surface area (TPSA) is 48.0 Å². The summed E-state index contributed by atoms with van der Waals surface area (Å²) in [5.41, 5.74) is 3.06. The monoisotopic (exact) mass is 397 g/mol. The van der Waals surface area contributed by atoms with Gasteiger partial charge in [-0.1, -0.05) is 44.2 Å². The first-order chi connectivity index (χ1) is 14.1. The molecule has 0 aliphatic carbocycles. The third-order valence-corrected chi connectivity index (χ3v) is 4.60. The summed E-state index contributed by atoms with van der Waals surface area (Å²) in [5.74, 6) is 0.927. The predicted octanol–water partition coefficient (Wildman–Crippen LogP) is 4.69. The van der Waals surface area contributed by atoms with Gasteiger partial charge in [0.05, 0.1) is 13.7 Å². The molecule has 2 aromatic carbocycles. The van der Waals surface area contributed by atoms with Gasteiger partial charge in [-0.25, -0.2) is 4.79 Å². The van der Waals surface area contributed by atoms with Crippen molar-refractivity contribution in [2.45, 2.75) is 33.9 Å². The summed E-state index contributed by atoms with van der Waals surface area (Å²) in [7, 11) is 1.59. The second-order valence-corrected chi connectivity index (χ2v) is 6.56. The Hall–Kier alpha value is -2.79. The van der Waals surface area contributed by atoms with E-state index in [-0.39, 0.29) is 12.6 Å². The van der Waals surface area contributed by atoms with E-state index in [2.05, 4.69) is 30.9 Å². The van der Waals surface area contributed by atoms with E-state index in [1.807, 2.05) is 37.3 Å². The van der Waals surface area contributed by atoms with E-state index in [1.54, 1.807) is 13.2 Å². The van der Waals surface area contributed by atoms with Crippen molar-refractivity contribution in [3.05, 3.63) is 65.2 Å². The molecule has 0 unspecified atom stereocenters. The Morgan fingerprint density at radius 1 is 0.966 bits per heavy atom. The van der Waals surface area contributed by atoms with Crippen LogP contribution in [0.5, 0.6) is 11.5 Å². The van der Waals surface area contributed by atoms with Gasteiger partial charge in [-0.3, -0.25) is 4.90 Å². The number of methoxy groups -OCH3 is 1. The van der Waals surface area contributed by atoms with Gasteiger partial charge in [-0.05, 0) is 54.9 Å². The molecule has 0 aliphatic heterocycles. The molecule has 0 radical (unpaired) electrons. The van der Waals surface area contributed by atoms with Crippen molar-refractivity contribution in [2.75, 3.05) is 26.8 Å². The molecule has 0 saturated carbocycles. The van der Waals surface area contributed by atoms with Crippen LogP contribution in [-0.4, -0.2) is 37.7 Å². The fourth-order valence-corrected chi connectivity index (χ4v) is 2.88. The molecule has 0 spiro atoms. The quantitative estimate of drug-likeness (QED) is 0.407. The van der Waals surface area contributed by atoms with E-state index < -0.39 is 0 Å².